The van der Waals surface area contributed by atoms with Crippen molar-refractivity contribution in [2.24, 2.45) is 0 Å². The van der Waals surface area contributed by atoms with Crippen LogP contribution in [-0.2, 0) is 11.0 Å². The Morgan fingerprint density at radius 3 is 2.66 bits per heavy atom. The fourth-order valence-electron chi connectivity index (χ4n) is 3.26. The standard InChI is InChI=1S/C20H18F3N3O2S/c21-20(22,23)13-7-8-14(16(11-13)26-9-3-4-10-26)24-18(27)12-29-19-25-15-5-1-2-6-17(15)28-19/h1-2,5-8,11H,3-4,9-10,12H2,(H,24,27). The number of rotatable bonds is 5. The molecule has 1 aliphatic heterocycles. The molecule has 0 aliphatic carbocycles. The van der Waals surface area contributed by atoms with Crippen LogP contribution < -0.4 is 10.2 Å². The maximum atomic E-state index is 13.1. The Kier molecular flexibility index (Phi) is 5.40. The van der Waals surface area contributed by atoms with Gasteiger partial charge >= 0.3 is 6.18 Å². The second-order valence-corrected chi connectivity index (χ2v) is 7.63. The number of carbonyl (C=O) groups excluding carboxylic acids is 1. The molecule has 0 unspecified atom stereocenters. The smallest absolute Gasteiger partial charge is 0.416 e. The summed E-state index contributed by atoms with van der Waals surface area (Å²) >= 11 is 1.14. The monoisotopic (exact) mass is 421 g/mol. The third kappa shape index (κ3) is 4.50. The van der Waals surface area contributed by atoms with Crippen LogP contribution in [0.15, 0.2) is 52.1 Å². The Bertz CT molecular complexity index is 996. The van der Waals surface area contributed by atoms with Crippen molar-refractivity contribution in [3.63, 3.8) is 0 Å². The highest BCUT2D eigenvalue weighted by Gasteiger charge is 2.32. The van der Waals surface area contributed by atoms with E-state index in [-0.39, 0.29) is 11.7 Å². The highest BCUT2D eigenvalue weighted by atomic mass is 32.2. The first-order valence-electron chi connectivity index (χ1n) is 9.14. The van der Waals surface area contributed by atoms with Crippen LogP contribution in [0.2, 0.25) is 0 Å². The van der Waals surface area contributed by atoms with Crippen LogP contribution in [0.3, 0.4) is 0 Å². The van der Waals surface area contributed by atoms with Gasteiger partial charge in [-0.1, -0.05) is 23.9 Å². The minimum atomic E-state index is -4.43. The molecule has 2 aromatic carbocycles. The number of oxazole rings is 1. The van der Waals surface area contributed by atoms with Gasteiger partial charge in [-0.2, -0.15) is 13.2 Å². The summed E-state index contributed by atoms with van der Waals surface area (Å²) in [6.07, 6.45) is -2.60. The zero-order valence-corrected chi connectivity index (χ0v) is 16.1. The number of anilines is 2. The first-order chi connectivity index (χ1) is 13.9. The fraction of sp³-hybridized carbons (Fsp3) is 0.300. The largest absolute Gasteiger partial charge is 0.431 e. The normalized spacial score (nSPS) is 14.5. The Hall–Kier alpha value is -2.68. The summed E-state index contributed by atoms with van der Waals surface area (Å²) in [7, 11) is 0. The van der Waals surface area contributed by atoms with E-state index in [9.17, 15) is 18.0 Å². The van der Waals surface area contributed by atoms with Gasteiger partial charge in [-0.25, -0.2) is 4.98 Å². The van der Waals surface area contributed by atoms with Gasteiger partial charge < -0.3 is 14.6 Å². The average molecular weight is 421 g/mol. The van der Waals surface area contributed by atoms with Crippen LogP contribution in [0, 0.1) is 0 Å². The molecule has 1 fully saturated rings. The van der Waals surface area contributed by atoms with Gasteiger partial charge in [0.1, 0.15) is 5.52 Å². The number of nitrogens with zero attached hydrogens (tertiary/aromatic N) is 2. The number of carbonyl (C=O) groups is 1. The van der Waals surface area contributed by atoms with Gasteiger partial charge in [-0.3, -0.25) is 4.79 Å². The molecule has 0 radical (unpaired) electrons. The van der Waals surface area contributed by atoms with E-state index in [0.717, 1.165) is 36.7 Å². The molecule has 0 saturated carbocycles. The van der Waals surface area contributed by atoms with E-state index in [2.05, 4.69) is 10.3 Å². The van der Waals surface area contributed by atoms with Crippen molar-refractivity contribution in [1.29, 1.82) is 0 Å². The van der Waals surface area contributed by atoms with Crippen molar-refractivity contribution in [2.45, 2.75) is 24.2 Å². The number of benzene rings is 2. The lowest BCUT2D eigenvalue weighted by Gasteiger charge is -2.23. The zero-order chi connectivity index (χ0) is 20.4. The minimum Gasteiger partial charge on any atom is -0.431 e. The van der Waals surface area contributed by atoms with Gasteiger partial charge in [0.25, 0.3) is 5.22 Å². The number of halogens is 3. The van der Waals surface area contributed by atoms with E-state index in [0.29, 0.717) is 40.8 Å². The Morgan fingerprint density at radius 1 is 1.17 bits per heavy atom. The van der Waals surface area contributed by atoms with Crippen molar-refractivity contribution >= 4 is 40.1 Å². The van der Waals surface area contributed by atoms with Gasteiger partial charge in [-0.05, 0) is 43.2 Å². The summed E-state index contributed by atoms with van der Waals surface area (Å²) in [4.78, 5) is 18.6. The summed E-state index contributed by atoms with van der Waals surface area (Å²) in [6, 6.07) is 10.7. The molecular formula is C20H18F3N3O2S. The third-order valence-electron chi connectivity index (χ3n) is 4.65. The molecule has 0 spiro atoms. The molecular weight excluding hydrogens is 403 g/mol. The van der Waals surface area contributed by atoms with Crippen LogP contribution in [0.5, 0.6) is 0 Å². The van der Waals surface area contributed by atoms with Crippen LogP contribution >= 0.6 is 11.8 Å². The summed E-state index contributed by atoms with van der Waals surface area (Å²) < 4.78 is 44.9. The molecule has 152 valence electrons. The number of nitrogens with one attached hydrogen (secondary N) is 1. The molecule has 3 aromatic rings. The molecule has 1 aliphatic rings. The fourth-order valence-corrected chi connectivity index (χ4v) is 3.90. The summed E-state index contributed by atoms with van der Waals surface area (Å²) in [5, 5.41) is 3.10. The number of aromatic nitrogens is 1. The Morgan fingerprint density at radius 2 is 1.93 bits per heavy atom. The maximum absolute atomic E-state index is 13.1. The number of hydrogen-bond acceptors (Lipinski definition) is 5. The summed E-state index contributed by atoms with van der Waals surface area (Å²) in [5.74, 6) is -0.301. The number of hydrogen-bond donors (Lipinski definition) is 1. The predicted molar refractivity (Wildman–Crippen MR) is 106 cm³/mol. The van der Waals surface area contributed by atoms with Crippen LogP contribution in [0.4, 0.5) is 24.5 Å². The molecule has 1 amide bonds. The van der Waals surface area contributed by atoms with E-state index in [1.54, 1.807) is 6.07 Å². The van der Waals surface area contributed by atoms with Crippen LogP contribution in [-0.4, -0.2) is 29.7 Å². The van der Waals surface area contributed by atoms with E-state index < -0.39 is 11.7 Å². The molecule has 0 atom stereocenters. The van der Waals surface area contributed by atoms with Gasteiger partial charge in [-0.15, -0.1) is 0 Å². The molecule has 1 aromatic heterocycles. The van der Waals surface area contributed by atoms with Crippen molar-refractivity contribution < 1.29 is 22.4 Å². The first kappa shape index (κ1) is 19.6. The van der Waals surface area contributed by atoms with Crippen molar-refractivity contribution in [3.8, 4) is 0 Å². The van der Waals surface area contributed by atoms with Crippen LogP contribution in [0.25, 0.3) is 11.1 Å². The second-order valence-electron chi connectivity index (χ2n) is 6.71. The number of para-hydroxylation sites is 2. The van der Waals surface area contributed by atoms with Crippen LogP contribution in [0.1, 0.15) is 18.4 Å². The van der Waals surface area contributed by atoms with Crippen molar-refractivity contribution in [3.05, 3.63) is 48.0 Å². The number of thioether (sulfide) groups is 1. The quantitative estimate of drug-likeness (QED) is 0.576. The van der Waals surface area contributed by atoms with Gasteiger partial charge in [0, 0.05) is 13.1 Å². The highest BCUT2D eigenvalue weighted by molar-refractivity contribution is 7.99. The summed E-state index contributed by atoms with van der Waals surface area (Å²) in [6.45, 7) is 1.34. The predicted octanol–water partition coefficient (Wildman–Crippen LogP) is 5.18. The highest BCUT2D eigenvalue weighted by Crippen LogP contribution is 2.37. The molecule has 9 heteroatoms. The second kappa shape index (κ2) is 7.98. The van der Waals surface area contributed by atoms with Gasteiger partial charge in [0.05, 0.1) is 22.7 Å². The molecule has 2 heterocycles. The topological polar surface area (TPSA) is 58.4 Å². The van der Waals surface area contributed by atoms with E-state index >= 15 is 0 Å². The third-order valence-corrected chi connectivity index (χ3v) is 5.47. The van der Waals surface area contributed by atoms with Gasteiger partial charge in [0.15, 0.2) is 5.58 Å². The molecule has 4 rings (SSSR count). The number of fused-ring (bicyclic) bond motifs is 1. The van der Waals surface area contributed by atoms with E-state index in [1.807, 2.05) is 23.1 Å². The van der Waals surface area contributed by atoms with E-state index in [1.165, 1.54) is 6.07 Å². The molecule has 0 bridgehead atoms. The first-order valence-corrected chi connectivity index (χ1v) is 10.1. The van der Waals surface area contributed by atoms with Gasteiger partial charge in [0.2, 0.25) is 5.91 Å². The molecule has 1 N–H and O–H groups in total. The maximum Gasteiger partial charge on any atom is 0.416 e. The molecule has 1 saturated heterocycles. The summed E-state index contributed by atoms with van der Waals surface area (Å²) in [5.41, 5.74) is 1.39. The number of alkyl halides is 3. The Balaban J connectivity index is 1.47. The lowest BCUT2D eigenvalue weighted by atomic mass is 10.1. The van der Waals surface area contributed by atoms with Crippen molar-refractivity contribution in [1.82, 2.24) is 4.98 Å². The van der Waals surface area contributed by atoms with Crippen molar-refractivity contribution in [2.75, 3.05) is 29.1 Å². The number of amides is 1. The Labute approximate surface area is 169 Å². The SMILES string of the molecule is O=C(CSc1nc2ccccc2o1)Nc1ccc(C(F)(F)F)cc1N1CCCC1. The molecule has 29 heavy (non-hydrogen) atoms. The molecule has 5 nitrogen and oxygen atoms in total. The lowest BCUT2D eigenvalue weighted by Crippen LogP contribution is -2.22. The zero-order valence-electron chi connectivity index (χ0n) is 15.3. The van der Waals surface area contributed by atoms with E-state index in [4.69, 9.17) is 4.42 Å². The average Bonchev–Trinajstić information content (AvgIpc) is 3.35. The lowest BCUT2D eigenvalue weighted by molar-refractivity contribution is -0.137. The minimum absolute atomic E-state index is 0.0350.